The van der Waals surface area contributed by atoms with E-state index in [1.54, 1.807) is 18.2 Å². The number of carboxylic acid groups (broad SMARTS) is 1. The van der Waals surface area contributed by atoms with Gasteiger partial charge in [-0.2, -0.15) is 5.26 Å². The molecule has 17 heavy (non-hydrogen) atoms. The Balaban J connectivity index is 2.97. The Bertz CT molecular complexity index is 638. The number of fused-ring (bicyclic) bond motifs is 1. The number of carbonyl (C=O) groups is 1. The molecule has 0 spiro atoms. The third-order valence-corrected chi connectivity index (χ3v) is 2.84. The SMILES string of the molecule is CCc1c(C#N)cc2ccccc2c1C(=O)O. The highest BCUT2D eigenvalue weighted by molar-refractivity contribution is 6.06. The first-order valence-corrected chi connectivity index (χ1v) is 5.37. The molecule has 0 unspecified atom stereocenters. The van der Waals surface area contributed by atoms with Crippen LogP contribution in [0, 0.1) is 11.3 Å². The number of nitriles is 1. The maximum atomic E-state index is 11.4. The standard InChI is InChI=1S/C14H11NO2/c1-2-11-10(8-15)7-9-5-3-4-6-12(9)13(11)14(16)17/h3-7H,2H2,1H3,(H,16,17). The summed E-state index contributed by atoms with van der Waals surface area (Å²) in [6.07, 6.45) is 0.537. The first kappa shape index (κ1) is 11.2. The number of aromatic carboxylic acids is 1. The average Bonchev–Trinajstić information content (AvgIpc) is 2.35. The van der Waals surface area contributed by atoms with E-state index in [9.17, 15) is 9.90 Å². The van der Waals surface area contributed by atoms with Crippen molar-refractivity contribution < 1.29 is 9.90 Å². The zero-order chi connectivity index (χ0) is 12.4. The molecule has 84 valence electrons. The molecule has 2 aromatic rings. The van der Waals surface area contributed by atoms with Crippen molar-refractivity contribution in [2.75, 3.05) is 0 Å². The van der Waals surface area contributed by atoms with E-state index in [0.29, 0.717) is 22.9 Å². The minimum atomic E-state index is -0.977. The van der Waals surface area contributed by atoms with Crippen LogP contribution in [0.2, 0.25) is 0 Å². The van der Waals surface area contributed by atoms with E-state index < -0.39 is 5.97 Å². The summed E-state index contributed by atoms with van der Waals surface area (Å²) in [5, 5.41) is 19.9. The van der Waals surface area contributed by atoms with Gasteiger partial charge < -0.3 is 5.11 Å². The number of nitrogens with zero attached hydrogens (tertiary/aromatic N) is 1. The fourth-order valence-corrected chi connectivity index (χ4v) is 2.10. The van der Waals surface area contributed by atoms with Crippen molar-refractivity contribution in [2.24, 2.45) is 0 Å². The van der Waals surface area contributed by atoms with Crippen LogP contribution >= 0.6 is 0 Å². The second-order valence-corrected chi connectivity index (χ2v) is 3.77. The molecule has 0 aliphatic heterocycles. The second-order valence-electron chi connectivity index (χ2n) is 3.77. The van der Waals surface area contributed by atoms with Crippen LogP contribution in [0.1, 0.15) is 28.4 Å². The van der Waals surface area contributed by atoms with Crippen molar-refractivity contribution in [3.8, 4) is 6.07 Å². The molecule has 2 rings (SSSR count). The Morgan fingerprint density at radius 3 is 2.71 bits per heavy atom. The highest BCUT2D eigenvalue weighted by atomic mass is 16.4. The predicted molar refractivity (Wildman–Crippen MR) is 65.0 cm³/mol. The van der Waals surface area contributed by atoms with Gasteiger partial charge >= 0.3 is 5.97 Å². The van der Waals surface area contributed by atoms with Crippen LogP contribution in [0.4, 0.5) is 0 Å². The topological polar surface area (TPSA) is 61.1 Å². The summed E-state index contributed by atoms with van der Waals surface area (Å²) in [5.74, 6) is -0.977. The van der Waals surface area contributed by atoms with Crippen LogP contribution in [0.3, 0.4) is 0 Å². The summed E-state index contributed by atoms with van der Waals surface area (Å²) < 4.78 is 0. The van der Waals surface area contributed by atoms with E-state index in [2.05, 4.69) is 6.07 Å². The molecule has 0 fully saturated rings. The van der Waals surface area contributed by atoms with Gasteiger partial charge in [0.15, 0.2) is 0 Å². The fraction of sp³-hybridized carbons (Fsp3) is 0.143. The number of carboxylic acids is 1. The van der Waals surface area contributed by atoms with Gasteiger partial charge in [0.25, 0.3) is 0 Å². The minimum absolute atomic E-state index is 0.252. The van der Waals surface area contributed by atoms with E-state index in [0.717, 1.165) is 5.39 Å². The molecular weight excluding hydrogens is 214 g/mol. The number of hydrogen-bond donors (Lipinski definition) is 1. The molecule has 2 aromatic carbocycles. The van der Waals surface area contributed by atoms with E-state index in [-0.39, 0.29) is 5.56 Å². The van der Waals surface area contributed by atoms with Gasteiger partial charge in [0.1, 0.15) is 0 Å². The fourth-order valence-electron chi connectivity index (χ4n) is 2.10. The lowest BCUT2D eigenvalue weighted by Gasteiger charge is -2.10. The Labute approximate surface area is 98.9 Å². The summed E-state index contributed by atoms with van der Waals surface area (Å²) >= 11 is 0. The van der Waals surface area contributed by atoms with E-state index >= 15 is 0 Å². The lowest BCUT2D eigenvalue weighted by molar-refractivity contribution is 0.0698. The van der Waals surface area contributed by atoms with Crippen molar-refractivity contribution in [2.45, 2.75) is 13.3 Å². The van der Waals surface area contributed by atoms with Gasteiger partial charge in [-0.1, -0.05) is 31.2 Å². The summed E-state index contributed by atoms with van der Waals surface area (Å²) in [6.45, 7) is 1.86. The summed E-state index contributed by atoms with van der Waals surface area (Å²) in [6, 6.07) is 11.1. The first-order chi connectivity index (χ1) is 8.19. The minimum Gasteiger partial charge on any atom is -0.478 e. The largest absolute Gasteiger partial charge is 0.478 e. The molecule has 0 aliphatic rings. The Morgan fingerprint density at radius 1 is 1.41 bits per heavy atom. The summed E-state index contributed by atoms with van der Waals surface area (Å²) in [4.78, 5) is 11.4. The number of rotatable bonds is 2. The van der Waals surface area contributed by atoms with Crippen LogP contribution in [-0.2, 0) is 6.42 Å². The maximum absolute atomic E-state index is 11.4. The second kappa shape index (κ2) is 4.26. The normalized spacial score (nSPS) is 10.1. The maximum Gasteiger partial charge on any atom is 0.336 e. The molecule has 3 heteroatoms. The molecule has 0 aromatic heterocycles. The van der Waals surface area contributed by atoms with Gasteiger partial charge in [0, 0.05) is 0 Å². The molecule has 0 heterocycles. The quantitative estimate of drug-likeness (QED) is 0.854. The highest BCUT2D eigenvalue weighted by Crippen LogP contribution is 2.26. The van der Waals surface area contributed by atoms with Gasteiger partial charge in [-0.25, -0.2) is 4.79 Å². The Kier molecular flexibility index (Phi) is 2.80. The van der Waals surface area contributed by atoms with E-state index in [1.807, 2.05) is 19.1 Å². The molecule has 0 saturated carbocycles. The molecule has 0 radical (unpaired) electrons. The van der Waals surface area contributed by atoms with Crippen molar-refractivity contribution in [3.63, 3.8) is 0 Å². The van der Waals surface area contributed by atoms with Crippen LogP contribution in [0.5, 0.6) is 0 Å². The zero-order valence-corrected chi connectivity index (χ0v) is 9.40. The molecule has 0 aliphatic carbocycles. The molecule has 0 saturated heterocycles. The third-order valence-electron chi connectivity index (χ3n) is 2.84. The van der Waals surface area contributed by atoms with Crippen molar-refractivity contribution in [1.82, 2.24) is 0 Å². The number of hydrogen-bond acceptors (Lipinski definition) is 2. The summed E-state index contributed by atoms with van der Waals surface area (Å²) in [7, 11) is 0. The molecule has 0 atom stereocenters. The highest BCUT2D eigenvalue weighted by Gasteiger charge is 2.17. The molecule has 0 amide bonds. The molecule has 3 nitrogen and oxygen atoms in total. The van der Waals surface area contributed by atoms with Crippen LogP contribution < -0.4 is 0 Å². The molecule has 1 N–H and O–H groups in total. The van der Waals surface area contributed by atoms with E-state index in [1.165, 1.54) is 0 Å². The van der Waals surface area contributed by atoms with Crippen LogP contribution in [0.15, 0.2) is 30.3 Å². The first-order valence-electron chi connectivity index (χ1n) is 5.37. The zero-order valence-electron chi connectivity index (χ0n) is 9.40. The number of benzene rings is 2. The lowest BCUT2D eigenvalue weighted by atomic mass is 9.93. The molecule has 0 bridgehead atoms. The Hall–Kier alpha value is -2.34. The summed E-state index contributed by atoms with van der Waals surface area (Å²) in [5.41, 5.74) is 1.31. The Morgan fingerprint density at radius 2 is 2.12 bits per heavy atom. The van der Waals surface area contributed by atoms with Crippen LogP contribution in [0.25, 0.3) is 10.8 Å². The third kappa shape index (κ3) is 1.74. The van der Waals surface area contributed by atoms with Crippen molar-refractivity contribution in [1.29, 1.82) is 5.26 Å². The van der Waals surface area contributed by atoms with Gasteiger partial charge in [-0.3, -0.25) is 0 Å². The van der Waals surface area contributed by atoms with Gasteiger partial charge in [-0.15, -0.1) is 0 Å². The van der Waals surface area contributed by atoms with Gasteiger partial charge in [0.05, 0.1) is 17.2 Å². The van der Waals surface area contributed by atoms with E-state index in [4.69, 9.17) is 5.26 Å². The van der Waals surface area contributed by atoms with Gasteiger partial charge in [0.2, 0.25) is 0 Å². The van der Waals surface area contributed by atoms with Crippen LogP contribution in [-0.4, -0.2) is 11.1 Å². The monoisotopic (exact) mass is 225 g/mol. The predicted octanol–water partition coefficient (Wildman–Crippen LogP) is 2.97. The smallest absolute Gasteiger partial charge is 0.336 e. The lowest BCUT2D eigenvalue weighted by Crippen LogP contribution is -2.05. The van der Waals surface area contributed by atoms with Gasteiger partial charge in [-0.05, 0) is 28.8 Å². The average molecular weight is 225 g/mol. The van der Waals surface area contributed by atoms with Crippen molar-refractivity contribution >= 4 is 16.7 Å². The van der Waals surface area contributed by atoms with Crippen molar-refractivity contribution in [3.05, 3.63) is 47.0 Å². The molecular formula is C14H11NO2.